The van der Waals surface area contributed by atoms with E-state index < -0.39 is 0 Å². The molecule has 0 saturated heterocycles. The van der Waals surface area contributed by atoms with E-state index in [9.17, 15) is 0 Å². The van der Waals surface area contributed by atoms with Gasteiger partial charge in [0.2, 0.25) is 0 Å². The smallest absolute Gasteiger partial charge is 0.154 e. The molecule has 78 valence electrons. The molecule has 0 fully saturated rings. The summed E-state index contributed by atoms with van der Waals surface area (Å²) in [5.41, 5.74) is 2.94. The van der Waals surface area contributed by atoms with Crippen molar-refractivity contribution in [2.45, 2.75) is 13.3 Å². The maximum Gasteiger partial charge on any atom is 0.154 e. The summed E-state index contributed by atoms with van der Waals surface area (Å²) in [5.74, 6) is 0.890. The first kappa shape index (κ1) is 9.99. The molecule has 0 aliphatic heterocycles. The molecule has 0 amide bonds. The molecule has 0 saturated carbocycles. The van der Waals surface area contributed by atoms with Crippen LogP contribution in [0.2, 0.25) is 0 Å². The number of benzene rings is 2. The zero-order valence-corrected chi connectivity index (χ0v) is 8.86. The fraction of sp³-hybridized carbons (Fsp3) is 0.231. The molecule has 0 atom stereocenters. The Labute approximate surface area is 89.8 Å². The summed E-state index contributed by atoms with van der Waals surface area (Å²) < 4.78 is 0. The lowest BCUT2D eigenvalue weighted by Crippen LogP contribution is -2.18. The number of hydrogen-bond acceptors (Lipinski definition) is 2. The average Bonchev–Trinajstić information content (AvgIpc) is 2.30. The van der Waals surface area contributed by atoms with Crippen molar-refractivity contribution in [1.29, 1.82) is 0 Å². The van der Waals surface area contributed by atoms with E-state index in [1.54, 1.807) is 0 Å². The van der Waals surface area contributed by atoms with Crippen LogP contribution in [0.25, 0.3) is 10.8 Å². The summed E-state index contributed by atoms with van der Waals surface area (Å²) in [5, 5.41) is 2.34. The fourth-order valence-electron chi connectivity index (χ4n) is 1.52. The SMILES string of the molecule is CCCNOc1cccc2ccccc12. The molecule has 2 rings (SSSR count). The van der Waals surface area contributed by atoms with Crippen LogP contribution in [0.5, 0.6) is 5.75 Å². The van der Waals surface area contributed by atoms with Gasteiger partial charge in [0.1, 0.15) is 0 Å². The lowest BCUT2D eigenvalue weighted by molar-refractivity contribution is 0.199. The average molecular weight is 201 g/mol. The zero-order valence-electron chi connectivity index (χ0n) is 8.86. The van der Waals surface area contributed by atoms with Crippen LogP contribution in [-0.2, 0) is 0 Å². The maximum atomic E-state index is 5.51. The van der Waals surface area contributed by atoms with E-state index in [0.717, 1.165) is 24.1 Å². The molecule has 2 heteroatoms. The van der Waals surface area contributed by atoms with E-state index in [2.05, 4.69) is 30.6 Å². The number of hydroxylamine groups is 1. The van der Waals surface area contributed by atoms with Crippen molar-refractivity contribution in [1.82, 2.24) is 5.48 Å². The zero-order chi connectivity index (χ0) is 10.5. The molecular formula is C13H15NO. The molecule has 0 aliphatic rings. The van der Waals surface area contributed by atoms with E-state index in [4.69, 9.17) is 4.84 Å². The minimum atomic E-state index is 0.864. The van der Waals surface area contributed by atoms with E-state index in [1.165, 1.54) is 5.39 Å². The Hall–Kier alpha value is -1.54. The highest BCUT2D eigenvalue weighted by Crippen LogP contribution is 2.24. The molecule has 2 aromatic rings. The molecular weight excluding hydrogens is 186 g/mol. The lowest BCUT2D eigenvalue weighted by Gasteiger charge is -2.08. The number of hydrogen-bond donors (Lipinski definition) is 1. The minimum Gasteiger partial charge on any atom is -0.408 e. The highest BCUT2D eigenvalue weighted by atomic mass is 16.6. The van der Waals surface area contributed by atoms with Gasteiger partial charge < -0.3 is 4.84 Å². The number of nitrogens with one attached hydrogen (secondary N) is 1. The third kappa shape index (κ3) is 2.28. The van der Waals surface area contributed by atoms with Gasteiger partial charge in [0.25, 0.3) is 0 Å². The largest absolute Gasteiger partial charge is 0.408 e. The van der Waals surface area contributed by atoms with Gasteiger partial charge in [-0.2, -0.15) is 5.48 Å². The highest BCUT2D eigenvalue weighted by molar-refractivity contribution is 5.88. The number of rotatable bonds is 4. The quantitative estimate of drug-likeness (QED) is 0.606. The van der Waals surface area contributed by atoms with Gasteiger partial charge in [0.15, 0.2) is 5.75 Å². The molecule has 15 heavy (non-hydrogen) atoms. The first-order valence-electron chi connectivity index (χ1n) is 5.29. The third-order valence-electron chi connectivity index (χ3n) is 2.28. The summed E-state index contributed by atoms with van der Waals surface area (Å²) >= 11 is 0. The monoisotopic (exact) mass is 201 g/mol. The van der Waals surface area contributed by atoms with Crippen LogP contribution in [0.1, 0.15) is 13.3 Å². The van der Waals surface area contributed by atoms with Crippen LogP contribution in [-0.4, -0.2) is 6.54 Å². The van der Waals surface area contributed by atoms with Crippen molar-refractivity contribution in [3.63, 3.8) is 0 Å². The van der Waals surface area contributed by atoms with Gasteiger partial charge in [-0.25, -0.2) is 0 Å². The van der Waals surface area contributed by atoms with Gasteiger partial charge in [-0.1, -0.05) is 43.3 Å². The Morgan fingerprint density at radius 3 is 2.73 bits per heavy atom. The van der Waals surface area contributed by atoms with Gasteiger partial charge in [-0.15, -0.1) is 0 Å². The Balaban J connectivity index is 2.26. The first-order valence-corrected chi connectivity index (χ1v) is 5.29. The van der Waals surface area contributed by atoms with Gasteiger partial charge in [-0.05, 0) is 17.9 Å². The molecule has 2 nitrogen and oxygen atoms in total. The van der Waals surface area contributed by atoms with E-state index in [1.807, 2.05) is 24.3 Å². The Morgan fingerprint density at radius 1 is 1.07 bits per heavy atom. The summed E-state index contributed by atoms with van der Waals surface area (Å²) in [6.07, 6.45) is 1.06. The second-order valence-corrected chi connectivity index (χ2v) is 3.47. The third-order valence-corrected chi connectivity index (χ3v) is 2.28. The van der Waals surface area contributed by atoms with Crippen LogP contribution in [0.4, 0.5) is 0 Å². The molecule has 0 radical (unpaired) electrons. The summed E-state index contributed by atoms with van der Waals surface area (Å²) in [6.45, 7) is 2.97. The van der Waals surface area contributed by atoms with Crippen LogP contribution in [0.3, 0.4) is 0 Å². The Morgan fingerprint density at radius 2 is 1.87 bits per heavy atom. The highest BCUT2D eigenvalue weighted by Gasteiger charge is 1.99. The Kier molecular flexibility index (Phi) is 3.20. The van der Waals surface area contributed by atoms with Gasteiger partial charge in [0, 0.05) is 11.9 Å². The van der Waals surface area contributed by atoms with Crippen molar-refractivity contribution >= 4 is 10.8 Å². The molecule has 0 heterocycles. The van der Waals surface area contributed by atoms with Crippen molar-refractivity contribution in [2.75, 3.05) is 6.54 Å². The van der Waals surface area contributed by atoms with Crippen molar-refractivity contribution in [3.8, 4) is 5.75 Å². The van der Waals surface area contributed by atoms with Gasteiger partial charge in [-0.3, -0.25) is 0 Å². The van der Waals surface area contributed by atoms with Gasteiger partial charge in [0.05, 0.1) is 0 Å². The normalized spacial score (nSPS) is 10.5. The molecule has 1 N–H and O–H groups in total. The minimum absolute atomic E-state index is 0.864. The molecule has 0 aliphatic carbocycles. The van der Waals surface area contributed by atoms with Crippen molar-refractivity contribution < 1.29 is 4.84 Å². The molecule has 0 bridgehead atoms. The fourth-order valence-corrected chi connectivity index (χ4v) is 1.52. The number of fused-ring (bicyclic) bond motifs is 1. The molecule has 0 spiro atoms. The van der Waals surface area contributed by atoms with Crippen LogP contribution >= 0.6 is 0 Å². The van der Waals surface area contributed by atoms with Gasteiger partial charge >= 0.3 is 0 Å². The topological polar surface area (TPSA) is 21.3 Å². The summed E-state index contributed by atoms with van der Waals surface area (Å²) in [4.78, 5) is 5.51. The predicted molar refractivity (Wildman–Crippen MR) is 62.9 cm³/mol. The van der Waals surface area contributed by atoms with Crippen LogP contribution < -0.4 is 10.3 Å². The van der Waals surface area contributed by atoms with E-state index >= 15 is 0 Å². The molecule has 2 aromatic carbocycles. The van der Waals surface area contributed by atoms with Crippen LogP contribution in [0, 0.1) is 0 Å². The summed E-state index contributed by atoms with van der Waals surface area (Å²) in [7, 11) is 0. The second-order valence-electron chi connectivity index (χ2n) is 3.47. The van der Waals surface area contributed by atoms with Crippen molar-refractivity contribution in [2.24, 2.45) is 0 Å². The van der Waals surface area contributed by atoms with E-state index in [-0.39, 0.29) is 0 Å². The molecule has 0 unspecified atom stereocenters. The predicted octanol–water partition coefficient (Wildman–Crippen LogP) is 3.13. The standard InChI is InChI=1S/C13H15NO/c1-2-10-14-15-13-9-5-7-11-6-3-4-8-12(11)13/h3-9,14H,2,10H2,1H3. The molecule has 0 aromatic heterocycles. The van der Waals surface area contributed by atoms with Crippen LogP contribution in [0.15, 0.2) is 42.5 Å². The first-order chi connectivity index (χ1) is 7.42. The summed E-state index contributed by atoms with van der Waals surface area (Å²) in [6, 6.07) is 14.3. The lowest BCUT2D eigenvalue weighted by atomic mass is 10.1. The van der Waals surface area contributed by atoms with E-state index in [0.29, 0.717) is 0 Å². The maximum absolute atomic E-state index is 5.51. The van der Waals surface area contributed by atoms with Crippen molar-refractivity contribution in [3.05, 3.63) is 42.5 Å². The second kappa shape index (κ2) is 4.80. The Bertz CT molecular complexity index is 434.